The van der Waals surface area contributed by atoms with Crippen LogP contribution in [0.25, 0.3) is 0 Å². The van der Waals surface area contributed by atoms with Crippen LogP contribution >= 0.6 is 27.3 Å². The minimum Gasteiger partial charge on any atom is -0.488 e. The first-order valence-corrected chi connectivity index (χ1v) is 8.23. The Hall–Kier alpha value is -1.27. The minimum atomic E-state index is -0.434. The van der Waals surface area contributed by atoms with E-state index in [0.717, 1.165) is 9.47 Å². The quantitative estimate of drug-likeness (QED) is 0.775. The van der Waals surface area contributed by atoms with Gasteiger partial charge in [-0.25, -0.2) is 4.39 Å². The number of hydrogen-bond acceptors (Lipinski definition) is 4. The smallest absolute Gasteiger partial charge is 0.167 e. The molecule has 2 rings (SSSR count). The molecule has 6 heteroatoms. The van der Waals surface area contributed by atoms with Gasteiger partial charge in [0.2, 0.25) is 0 Å². The Morgan fingerprint density at radius 1 is 1.38 bits per heavy atom. The van der Waals surface area contributed by atoms with Crippen molar-refractivity contribution in [3.63, 3.8) is 0 Å². The first kappa shape index (κ1) is 16.1. The topological polar surface area (TPSA) is 38.5 Å². The van der Waals surface area contributed by atoms with Gasteiger partial charge in [-0.05, 0) is 46.8 Å². The normalized spacial score (nSPS) is 11.0. The molecule has 114 valence electrons. The highest BCUT2D eigenvalue weighted by Gasteiger charge is 2.14. The largest absolute Gasteiger partial charge is 0.488 e. The molecular weight excluding hydrogens is 355 g/mol. The van der Waals surface area contributed by atoms with E-state index in [-0.39, 0.29) is 11.9 Å². The maximum absolute atomic E-state index is 13.9. The number of hydrogen-bond donors (Lipinski definition) is 1. The van der Waals surface area contributed by atoms with Gasteiger partial charge in [-0.15, -0.1) is 11.3 Å². The molecule has 21 heavy (non-hydrogen) atoms. The Balaban J connectivity index is 2.25. The fourth-order valence-corrected chi connectivity index (χ4v) is 3.22. The van der Waals surface area contributed by atoms with Crippen LogP contribution in [0.15, 0.2) is 27.4 Å². The zero-order valence-electron chi connectivity index (χ0n) is 12.2. The number of anilines is 2. The van der Waals surface area contributed by atoms with E-state index in [0.29, 0.717) is 12.2 Å². The molecule has 1 aromatic heterocycles. The molecular formula is C15H18BrFN2OS. The number of benzene rings is 1. The van der Waals surface area contributed by atoms with Crippen molar-refractivity contribution in [2.75, 3.05) is 17.7 Å². The van der Waals surface area contributed by atoms with Crippen molar-refractivity contribution in [2.24, 2.45) is 0 Å². The molecule has 0 unspecified atom stereocenters. The molecule has 0 spiro atoms. The van der Waals surface area contributed by atoms with Gasteiger partial charge < -0.3 is 15.4 Å². The molecule has 3 nitrogen and oxygen atoms in total. The maximum atomic E-state index is 13.9. The summed E-state index contributed by atoms with van der Waals surface area (Å²) in [6, 6.07) is 5.03. The Bertz CT molecular complexity index is 630. The van der Waals surface area contributed by atoms with Gasteiger partial charge in [0.25, 0.3) is 0 Å². The van der Waals surface area contributed by atoms with E-state index in [1.54, 1.807) is 17.4 Å². The summed E-state index contributed by atoms with van der Waals surface area (Å²) in [4.78, 5) is 1.98. The maximum Gasteiger partial charge on any atom is 0.167 e. The number of rotatable bonds is 5. The summed E-state index contributed by atoms with van der Waals surface area (Å²) in [7, 11) is 1.92. The summed E-state index contributed by atoms with van der Waals surface area (Å²) in [5, 5.41) is 2.08. The standard InChI is InChI=1S/C15H18BrFN2OS/c1-9(2)20-14-6-13(12(18)5-11(14)17)19(3)7-10-4-15(16)21-8-10/h4-6,8-9H,7,18H2,1-3H3. The molecule has 0 aliphatic rings. The van der Waals surface area contributed by atoms with Crippen molar-refractivity contribution in [3.8, 4) is 5.75 Å². The summed E-state index contributed by atoms with van der Waals surface area (Å²) in [6.45, 7) is 4.42. The average Bonchev–Trinajstić information content (AvgIpc) is 2.77. The lowest BCUT2D eigenvalue weighted by Crippen LogP contribution is -2.18. The third kappa shape index (κ3) is 4.11. The van der Waals surface area contributed by atoms with E-state index in [4.69, 9.17) is 10.5 Å². The molecule has 2 N–H and O–H groups in total. The first-order chi connectivity index (χ1) is 9.86. The molecule has 1 aromatic carbocycles. The van der Waals surface area contributed by atoms with Crippen LogP contribution in [-0.4, -0.2) is 13.2 Å². The average molecular weight is 373 g/mol. The van der Waals surface area contributed by atoms with Crippen molar-refractivity contribution >= 4 is 38.6 Å². The summed E-state index contributed by atoms with van der Waals surface area (Å²) >= 11 is 5.08. The third-order valence-corrected chi connectivity index (χ3v) is 4.45. The van der Waals surface area contributed by atoms with E-state index < -0.39 is 5.82 Å². The lowest BCUT2D eigenvalue weighted by molar-refractivity contribution is 0.231. The van der Waals surface area contributed by atoms with E-state index in [9.17, 15) is 4.39 Å². The summed E-state index contributed by atoms with van der Waals surface area (Å²) < 4.78 is 20.4. The fraction of sp³-hybridized carbons (Fsp3) is 0.333. The van der Waals surface area contributed by atoms with E-state index in [1.165, 1.54) is 11.6 Å². The summed E-state index contributed by atoms with van der Waals surface area (Å²) in [6.07, 6.45) is -0.0888. The Labute approximate surface area is 136 Å². The number of halogens is 2. The molecule has 0 saturated heterocycles. The van der Waals surface area contributed by atoms with Gasteiger partial charge >= 0.3 is 0 Å². The highest BCUT2D eigenvalue weighted by Crippen LogP contribution is 2.32. The fourth-order valence-electron chi connectivity index (χ4n) is 2.02. The van der Waals surface area contributed by atoms with Crippen LogP contribution in [0.4, 0.5) is 15.8 Å². The van der Waals surface area contributed by atoms with Crippen LogP contribution in [-0.2, 0) is 6.54 Å². The summed E-state index contributed by atoms with van der Waals surface area (Å²) in [5.41, 5.74) is 8.27. The van der Waals surface area contributed by atoms with Crippen LogP contribution in [0.2, 0.25) is 0 Å². The molecule has 0 fully saturated rings. The lowest BCUT2D eigenvalue weighted by Gasteiger charge is -2.22. The van der Waals surface area contributed by atoms with Crippen molar-refractivity contribution < 1.29 is 9.13 Å². The predicted octanol–water partition coefficient (Wildman–Crippen LogP) is 4.66. The third-order valence-electron chi connectivity index (χ3n) is 2.90. The van der Waals surface area contributed by atoms with Crippen molar-refractivity contribution in [1.29, 1.82) is 0 Å². The number of nitrogens with two attached hydrogens (primary N) is 1. The highest BCUT2D eigenvalue weighted by molar-refractivity contribution is 9.11. The molecule has 0 aliphatic heterocycles. The molecule has 1 heterocycles. The second-order valence-electron chi connectivity index (χ2n) is 5.12. The van der Waals surface area contributed by atoms with Gasteiger partial charge in [0.1, 0.15) is 0 Å². The second kappa shape index (κ2) is 6.66. The van der Waals surface area contributed by atoms with Crippen LogP contribution in [0.3, 0.4) is 0 Å². The Kier molecular flexibility index (Phi) is 5.11. The first-order valence-electron chi connectivity index (χ1n) is 6.56. The van der Waals surface area contributed by atoms with Gasteiger partial charge in [-0.1, -0.05) is 0 Å². The molecule has 0 bridgehead atoms. The van der Waals surface area contributed by atoms with Crippen LogP contribution in [0, 0.1) is 5.82 Å². The van der Waals surface area contributed by atoms with Crippen molar-refractivity contribution in [2.45, 2.75) is 26.5 Å². The molecule has 0 saturated carbocycles. The van der Waals surface area contributed by atoms with Crippen molar-refractivity contribution in [3.05, 3.63) is 38.7 Å². The lowest BCUT2D eigenvalue weighted by atomic mass is 10.2. The van der Waals surface area contributed by atoms with Crippen LogP contribution in [0.1, 0.15) is 19.4 Å². The molecule has 0 amide bonds. The van der Waals surface area contributed by atoms with E-state index >= 15 is 0 Å². The highest BCUT2D eigenvalue weighted by atomic mass is 79.9. The SMILES string of the molecule is CC(C)Oc1cc(N(C)Cc2csc(Br)c2)c(N)cc1F. The van der Waals surface area contributed by atoms with Crippen molar-refractivity contribution in [1.82, 2.24) is 0 Å². The van der Waals surface area contributed by atoms with Gasteiger partial charge in [0, 0.05) is 25.7 Å². The van der Waals surface area contributed by atoms with E-state index in [2.05, 4.69) is 27.4 Å². The molecule has 0 atom stereocenters. The monoisotopic (exact) mass is 372 g/mol. The predicted molar refractivity (Wildman–Crippen MR) is 90.7 cm³/mol. The Morgan fingerprint density at radius 2 is 2.10 bits per heavy atom. The molecule has 0 aliphatic carbocycles. The zero-order valence-corrected chi connectivity index (χ0v) is 14.6. The van der Waals surface area contributed by atoms with Gasteiger partial charge in [-0.2, -0.15) is 0 Å². The number of nitrogen functional groups attached to an aromatic ring is 1. The van der Waals surface area contributed by atoms with Gasteiger partial charge in [0.15, 0.2) is 11.6 Å². The summed E-state index contributed by atoms with van der Waals surface area (Å²) in [5.74, 6) is -0.204. The molecule has 2 aromatic rings. The van der Waals surface area contributed by atoms with Crippen LogP contribution < -0.4 is 15.4 Å². The van der Waals surface area contributed by atoms with Crippen LogP contribution in [0.5, 0.6) is 5.75 Å². The second-order valence-corrected chi connectivity index (χ2v) is 7.41. The van der Waals surface area contributed by atoms with E-state index in [1.807, 2.05) is 25.8 Å². The minimum absolute atomic E-state index is 0.0888. The zero-order chi connectivity index (χ0) is 15.6. The van der Waals surface area contributed by atoms with Gasteiger partial charge in [0.05, 0.1) is 21.3 Å². The van der Waals surface area contributed by atoms with Gasteiger partial charge in [-0.3, -0.25) is 0 Å². The number of thiophene rings is 1. The number of ether oxygens (including phenoxy) is 1. The molecule has 0 radical (unpaired) electrons. The number of nitrogens with zero attached hydrogens (tertiary/aromatic N) is 1. The Morgan fingerprint density at radius 3 is 2.67 bits per heavy atom.